The second-order valence-corrected chi connectivity index (χ2v) is 5.31. The van der Waals surface area contributed by atoms with Crippen molar-refractivity contribution in [2.45, 2.75) is 18.9 Å². The Labute approximate surface area is 114 Å². The second kappa shape index (κ2) is 5.38. The van der Waals surface area contributed by atoms with Crippen molar-refractivity contribution >= 4 is 33.4 Å². The van der Waals surface area contributed by atoms with Gasteiger partial charge in [-0.05, 0) is 40.9 Å². The van der Waals surface area contributed by atoms with Crippen molar-refractivity contribution in [3.05, 3.63) is 33.3 Å². The number of amides is 1. The number of hydrogen-bond acceptors (Lipinski definition) is 2. The van der Waals surface area contributed by atoms with E-state index >= 15 is 0 Å². The highest BCUT2D eigenvalue weighted by atomic mass is 79.9. The molecular weight excluding hydrogens is 305 g/mol. The first-order valence-electron chi connectivity index (χ1n) is 5.51. The third kappa shape index (κ3) is 2.49. The quantitative estimate of drug-likeness (QED) is 0.911. The van der Waals surface area contributed by atoms with E-state index in [0.29, 0.717) is 21.6 Å². The van der Waals surface area contributed by atoms with E-state index < -0.39 is 0 Å². The Morgan fingerprint density at radius 1 is 1.59 bits per heavy atom. The first-order chi connectivity index (χ1) is 8.15. The Bertz CT molecular complexity index is 439. The molecule has 1 heterocycles. The van der Waals surface area contributed by atoms with Crippen LogP contribution in [0, 0.1) is 0 Å². The lowest BCUT2D eigenvalue weighted by Gasteiger charge is -2.23. The average Bonchev–Trinajstić information content (AvgIpc) is 2.80. The standard InChI is InChI=1S/C12H13BrClNO2/c13-10-5-1-4-9(11(10)14)12(17)15-6-2-3-8(15)7-16/h1,4-5,8,16H,2-3,6-7H2/t8-/m0/s1. The van der Waals surface area contributed by atoms with E-state index in [1.54, 1.807) is 23.1 Å². The van der Waals surface area contributed by atoms with E-state index in [2.05, 4.69) is 15.9 Å². The molecule has 0 saturated carbocycles. The van der Waals surface area contributed by atoms with Crippen LogP contribution < -0.4 is 0 Å². The number of halogens is 2. The van der Waals surface area contributed by atoms with Crippen molar-refractivity contribution in [2.24, 2.45) is 0 Å². The van der Waals surface area contributed by atoms with Crippen LogP contribution >= 0.6 is 27.5 Å². The first kappa shape index (κ1) is 12.9. The number of carbonyl (C=O) groups excluding carboxylic acids is 1. The second-order valence-electron chi connectivity index (χ2n) is 4.08. The van der Waals surface area contributed by atoms with Crippen LogP contribution in [0.25, 0.3) is 0 Å². The van der Waals surface area contributed by atoms with Crippen LogP contribution in [0.5, 0.6) is 0 Å². The molecule has 1 N–H and O–H groups in total. The van der Waals surface area contributed by atoms with Gasteiger partial charge in [-0.1, -0.05) is 17.7 Å². The Hall–Kier alpha value is -0.580. The van der Waals surface area contributed by atoms with Crippen molar-refractivity contribution in [3.63, 3.8) is 0 Å². The fraction of sp³-hybridized carbons (Fsp3) is 0.417. The normalized spacial score (nSPS) is 19.7. The summed E-state index contributed by atoms with van der Waals surface area (Å²) in [5.74, 6) is -0.104. The summed E-state index contributed by atoms with van der Waals surface area (Å²) in [5.41, 5.74) is 0.487. The molecule has 5 heteroatoms. The van der Waals surface area contributed by atoms with Crippen molar-refractivity contribution in [1.29, 1.82) is 0 Å². The molecule has 1 atom stereocenters. The van der Waals surface area contributed by atoms with Gasteiger partial charge < -0.3 is 10.0 Å². The fourth-order valence-corrected chi connectivity index (χ4v) is 2.69. The highest BCUT2D eigenvalue weighted by Crippen LogP contribution is 2.29. The van der Waals surface area contributed by atoms with Crippen molar-refractivity contribution in [1.82, 2.24) is 4.90 Å². The highest BCUT2D eigenvalue weighted by molar-refractivity contribution is 9.10. The van der Waals surface area contributed by atoms with E-state index in [1.807, 2.05) is 0 Å². The minimum Gasteiger partial charge on any atom is -0.394 e. The summed E-state index contributed by atoms with van der Waals surface area (Å²) >= 11 is 9.40. The Morgan fingerprint density at radius 2 is 2.35 bits per heavy atom. The third-order valence-electron chi connectivity index (χ3n) is 3.03. The van der Waals surface area contributed by atoms with Gasteiger partial charge in [0, 0.05) is 11.0 Å². The maximum atomic E-state index is 12.3. The zero-order valence-electron chi connectivity index (χ0n) is 9.20. The lowest BCUT2D eigenvalue weighted by atomic mass is 10.1. The Balaban J connectivity index is 2.28. The molecule has 1 saturated heterocycles. The molecule has 1 aliphatic heterocycles. The Morgan fingerprint density at radius 3 is 3.06 bits per heavy atom. The van der Waals surface area contributed by atoms with Gasteiger partial charge >= 0.3 is 0 Å². The SMILES string of the molecule is O=C(c1cccc(Br)c1Cl)N1CCC[C@H]1CO. The summed E-state index contributed by atoms with van der Waals surface area (Å²) in [6.45, 7) is 0.699. The van der Waals surface area contributed by atoms with Gasteiger partial charge in [0.05, 0.1) is 23.2 Å². The summed E-state index contributed by atoms with van der Waals surface area (Å²) in [6.07, 6.45) is 1.79. The largest absolute Gasteiger partial charge is 0.394 e. The molecule has 1 aromatic carbocycles. The monoisotopic (exact) mass is 317 g/mol. The van der Waals surface area contributed by atoms with Crippen LogP contribution in [0.15, 0.2) is 22.7 Å². The maximum absolute atomic E-state index is 12.3. The number of hydrogen-bond donors (Lipinski definition) is 1. The molecule has 0 bridgehead atoms. The zero-order valence-corrected chi connectivity index (χ0v) is 11.5. The maximum Gasteiger partial charge on any atom is 0.255 e. The summed E-state index contributed by atoms with van der Waals surface area (Å²) in [5, 5.41) is 9.65. The fourth-order valence-electron chi connectivity index (χ4n) is 2.12. The molecule has 1 amide bonds. The smallest absolute Gasteiger partial charge is 0.255 e. The summed E-state index contributed by atoms with van der Waals surface area (Å²) < 4.78 is 0.713. The minimum absolute atomic E-state index is 0.0113. The van der Waals surface area contributed by atoms with Crippen molar-refractivity contribution in [3.8, 4) is 0 Å². The van der Waals surface area contributed by atoms with E-state index in [9.17, 15) is 9.90 Å². The summed E-state index contributed by atoms with van der Waals surface area (Å²) in [4.78, 5) is 14.0. The molecule has 3 nitrogen and oxygen atoms in total. The molecular formula is C12H13BrClNO2. The zero-order chi connectivity index (χ0) is 12.4. The molecule has 17 heavy (non-hydrogen) atoms. The van der Waals surface area contributed by atoms with E-state index in [1.165, 1.54) is 0 Å². The van der Waals surface area contributed by atoms with Crippen LogP contribution in [0.4, 0.5) is 0 Å². The molecule has 1 aliphatic rings. The lowest BCUT2D eigenvalue weighted by molar-refractivity contribution is 0.0677. The van der Waals surface area contributed by atoms with Gasteiger partial charge in [-0.3, -0.25) is 4.79 Å². The number of aliphatic hydroxyl groups is 1. The minimum atomic E-state index is -0.104. The average molecular weight is 319 g/mol. The summed E-state index contributed by atoms with van der Waals surface area (Å²) in [7, 11) is 0. The van der Waals surface area contributed by atoms with Gasteiger partial charge in [-0.15, -0.1) is 0 Å². The lowest BCUT2D eigenvalue weighted by Crippen LogP contribution is -2.37. The first-order valence-corrected chi connectivity index (χ1v) is 6.68. The van der Waals surface area contributed by atoms with Crippen LogP contribution in [-0.4, -0.2) is 35.1 Å². The van der Waals surface area contributed by atoms with Crippen LogP contribution in [0.3, 0.4) is 0 Å². The van der Waals surface area contributed by atoms with Crippen LogP contribution in [0.1, 0.15) is 23.2 Å². The van der Waals surface area contributed by atoms with Crippen LogP contribution in [0.2, 0.25) is 5.02 Å². The number of likely N-dealkylation sites (tertiary alicyclic amines) is 1. The number of carbonyl (C=O) groups is 1. The van der Waals surface area contributed by atoms with Crippen molar-refractivity contribution in [2.75, 3.05) is 13.2 Å². The number of benzene rings is 1. The molecule has 92 valence electrons. The highest BCUT2D eigenvalue weighted by Gasteiger charge is 2.29. The topological polar surface area (TPSA) is 40.5 Å². The van der Waals surface area contributed by atoms with Gasteiger partial charge in [0.25, 0.3) is 5.91 Å². The molecule has 1 fully saturated rings. The molecule has 1 aromatic rings. The number of rotatable bonds is 2. The van der Waals surface area contributed by atoms with Gasteiger partial charge in [0.1, 0.15) is 0 Å². The van der Waals surface area contributed by atoms with Gasteiger partial charge in [0.2, 0.25) is 0 Å². The molecule has 0 aromatic heterocycles. The molecule has 2 rings (SSSR count). The van der Waals surface area contributed by atoms with E-state index in [-0.39, 0.29) is 18.6 Å². The molecule has 0 unspecified atom stereocenters. The predicted octanol–water partition coefficient (Wildman–Crippen LogP) is 2.70. The van der Waals surface area contributed by atoms with Crippen LogP contribution in [-0.2, 0) is 0 Å². The Kier molecular flexibility index (Phi) is 4.07. The number of aliphatic hydroxyl groups excluding tert-OH is 1. The van der Waals surface area contributed by atoms with Gasteiger partial charge in [-0.2, -0.15) is 0 Å². The van der Waals surface area contributed by atoms with Gasteiger partial charge in [-0.25, -0.2) is 0 Å². The molecule has 0 radical (unpaired) electrons. The van der Waals surface area contributed by atoms with E-state index in [0.717, 1.165) is 12.8 Å². The molecule has 0 aliphatic carbocycles. The van der Waals surface area contributed by atoms with Crippen molar-refractivity contribution < 1.29 is 9.90 Å². The number of nitrogens with zero attached hydrogens (tertiary/aromatic N) is 1. The summed E-state index contributed by atoms with van der Waals surface area (Å²) in [6, 6.07) is 5.22. The predicted molar refractivity (Wildman–Crippen MR) is 70.3 cm³/mol. The van der Waals surface area contributed by atoms with E-state index in [4.69, 9.17) is 11.6 Å². The van der Waals surface area contributed by atoms with Gasteiger partial charge in [0.15, 0.2) is 0 Å². The third-order valence-corrected chi connectivity index (χ3v) is 4.33. The molecule has 0 spiro atoms.